The molecular weight excluding hydrogens is 863 g/mol. The third-order valence-electron chi connectivity index (χ3n) is 12.6. The van der Waals surface area contributed by atoms with E-state index in [1.165, 1.54) is 53.0 Å². The van der Waals surface area contributed by atoms with Crippen molar-refractivity contribution in [3.05, 3.63) is 176 Å². The van der Waals surface area contributed by atoms with Crippen molar-refractivity contribution in [2.24, 2.45) is 11.8 Å². The summed E-state index contributed by atoms with van der Waals surface area (Å²) in [5, 5.41) is 30.9. The fourth-order valence-electron chi connectivity index (χ4n) is 9.09. The number of rotatable bonds is 10. The average Bonchev–Trinajstić information content (AvgIpc) is 4.18. The number of aromatic hydroxyl groups is 2. The Labute approximate surface area is 381 Å². The highest BCUT2D eigenvalue weighted by molar-refractivity contribution is 7.22. The van der Waals surface area contributed by atoms with Crippen molar-refractivity contribution in [3.8, 4) is 33.8 Å². The minimum Gasteiger partial charge on any atom is -0.508 e. The third kappa shape index (κ3) is 8.38. The number of benzene rings is 6. The first-order chi connectivity index (χ1) is 31.1. The highest BCUT2D eigenvalue weighted by atomic mass is 32.1. The van der Waals surface area contributed by atoms with Crippen molar-refractivity contribution in [2.75, 3.05) is 0 Å². The molecule has 2 aliphatic rings. The molecule has 0 spiro atoms. The number of aryl methyl sites for hydroxylation is 3. The number of phenols is 2. The molecule has 2 aromatic heterocycles. The molecular formula is C54H42F2O7S2. The van der Waals surface area contributed by atoms with E-state index >= 15 is 0 Å². The van der Waals surface area contributed by atoms with Crippen LogP contribution in [0.3, 0.4) is 0 Å². The van der Waals surface area contributed by atoms with Crippen LogP contribution >= 0.6 is 22.7 Å². The van der Waals surface area contributed by atoms with Gasteiger partial charge in [0.1, 0.15) is 28.9 Å². The van der Waals surface area contributed by atoms with Gasteiger partial charge in [0.25, 0.3) is 0 Å². The first-order valence-electron chi connectivity index (χ1n) is 21.1. The molecule has 3 N–H and O–H groups in total. The Hall–Kier alpha value is -6.82. The molecule has 65 heavy (non-hydrogen) atoms. The molecule has 2 heterocycles. The smallest absolute Gasteiger partial charge is 0.307 e. The number of ketones is 3. The van der Waals surface area contributed by atoms with Crippen LogP contribution in [-0.4, -0.2) is 38.6 Å². The SMILES string of the molecule is CC(=O)C1CC1c1ccc(-c2c(C(=O)c3ccc(F)cc3C)sc3cc(O)ccc23)cc1.Cc1cc(F)cc(C)c1C(=O)c1sc2cc(O)ccc2c1-c1ccc(C2CC2C(=O)O)cc1. The molecule has 7 nitrogen and oxygen atoms in total. The highest BCUT2D eigenvalue weighted by Gasteiger charge is 2.44. The highest BCUT2D eigenvalue weighted by Crippen LogP contribution is 2.50. The molecule has 10 rings (SSSR count). The molecule has 0 amide bonds. The van der Waals surface area contributed by atoms with Crippen LogP contribution in [0.1, 0.15) is 89.9 Å². The van der Waals surface area contributed by atoms with Gasteiger partial charge in [-0.25, -0.2) is 8.78 Å². The molecule has 0 bridgehead atoms. The normalized spacial score (nSPS) is 17.4. The van der Waals surface area contributed by atoms with E-state index in [1.54, 1.807) is 58.0 Å². The number of Topliss-reactive ketones (excluding diaryl/α,β-unsaturated/α-hetero) is 1. The van der Waals surface area contributed by atoms with E-state index in [2.05, 4.69) is 0 Å². The number of carbonyl (C=O) groups is 4. The van der Waals surface area contributed by atoms with Crippen LogP contribution in [0.2, 0.25) is 0 Å². The molecule has 6 aromatic carbocycles. The van der Waals surface area contributed by atoms with Crippen molar-refractivity contribution >= 4 is 66.2 Å². The van der Waals surface area contributed by atoms with E-state index in [1.807, 2.05) is 54.6 Å². The van der Waals surface area contributed by atoms with Crippen LogP contribution in [0, 0.1) is 44.2 Å². The largest absolute Gasteiger partial charge is 0.508 e. The fraction of sp³-hybridized carbons (Fsp3) is 0.185. The number of thiophene rings is 2. The maximum Gasteiger partial charge on any atom is 0.307 e. The van der Waals surface area contributed by atoms with Gasteiger partial charge < -0.3 is 15.3 Å². The van der Waals surface area contributed by atoms with Gasteiger partial charge in [0, 0.05) is 48.3 Å². The second-order valence-electron chi connectivity index (χ2n) is 17.1. The summed E-state index contributed by atoms with van der Waals surface area (Å²) in [7, 11) is 0. The van der Waals surface area contributed by atoms with Gasteiger partial charge in [0.05, 0.1) is 15.7 Å². The number of aliphatic carboxylic acids is 1. The Morgan fingerprint density at radius 1 is 0.554 bits per heavy atom. The van der Waals surface area contributed by atoms with E-state index in [9.17, 15) is 43.3 Å². The van der Waals surface area contributed by atoms with E-state index < -0.39 is 5.97 Å². The molecule has 4 atom stereocenters. The minimum atomic E-state index is -0.773. The monoisotopic (exact) mass is 904 g/mol. The lowest BCUT2D eigenvalue weighted by molar-refractivity contribution is -0.138. The summed E-state index contributed by atoms with van der Waals surface area (Å²) in [6, 6.07) is 32.8. The summed E-state index contributed by atoms with van der Waals surface area (Å²) in [5.74, 6) is -1.30. The van der Waals surface area contributed by atoms with Crippen molar-refractivity contribution in [2.45, 2.75) is 52.4 Å². The molecule has 0 radical (unpaired) electrons. The zero-order valence-electron chi connectivity index (χ0n) is 35.7. The van der Waals surface area contributed by atoms with Crippen molar-refractivity contribution < 1.29 is 43.3 Å². The van der Waals surface area contributed by atoms with Gasteiger partial charge in [-0.15, -0.1) is 22.7 Å². The molecule has 4 unspecified atom stereocenters. The predicted molar refractivity (Wildman–Crippen MR) is 252 cm³/mol. The van der Waals surface area contributed by atoms with Gasteiger partial charge in [0.15, 0.2) is 0 Å². The summed E-state index contributed by atoms with van der Waals surface area (Å²) < 4.78 is 29.0. The van der Waals surface area contributed by atoms with Crippen molar-refractivity contribution in [1.29, 1.82) is 0 Å². The van der Waals surface area contributed by atoms with Crippen molar-refractivity contribution in [1.82, 2.24) is 0 Å². The number of hydrogen-bond acceptors (Lipinski definition) is 8. The number of halogens is 2. The van der Waals surface area contributed by atoms with E-state index in [0.29, 0.717) is 44.0 Å². The maximum atomic E-state index is 13.8. The summed E-state index contributed by atoms with van der Waals surface area (Å²) in [6.45, 7) is 6.82. The predicted octanol–water partition coefficient (Wildman–Crippen LogP) is 13.1. The number of hydrogen-bond donors (Lipinski definition) is 3. The first kappa shape index (κ1) is 43.4. The zero-order valence-corrected chi connectivity index (χ0v) is 37.4. The summed E-state index contributed by atoms with van der Waals surface area (Å²) >= 11 is 2.63. The van der Waals surface area contributed by atoms with Crippen LogP contribution in [0.25, 0.3) is 42.4 Å². The van der Waals surface area contributed by atoms with Gasteiger partial charge in [-0.3, -0.25) is 19.2 Å². The Balaban J connectivity index is 0.000000164. The molecule has 0 aliphatic heterocycles. The van der Waals surface area contributed by atoms with Crippen molar-refractivity contribution in [3.63, 3.8) is 0 Å². The Morgan fingerprint density at radius 3 is 1.46 bits per heavy atom. The Morgan fingerprint density at radius 2 is 1.02 bits per heavy atom. The average molecular weight is 905 g/mol. The fourth-order valence-corrected chi connectivity index (χ4v) is 11.5. The number of carboxylic acids is 1. The molecule has 8 aromatic rings. The van der Waals surface area contributed by atoms with Gasteiger partial charge in [-0.1, -0.05) is 48.5 Å². The second-order valence-corrected chi connectivity index (χ2v) is 19.2. The molecule has 2 fully saturated rings. The van der Waals surface area contributed by atoms with Crippen LogP contribution in [0.4, 0.5) is 8.78 Å². The standard InChI is InChI=1S/C27H21FO4S.C27H21FO3S/c1-13-9-17(28)10-14(2)23(13)25(30)26-24(19-8-7-18(29)11-22(19)33-26)16-5-3-15(4-6-16)20-12-21(20)27(31)32;1-14-11-18(28)7-9-20(14)26(31)27-25(21-10-8-19(30)12-24(21)32-27)17-5-3-16(4-6-17)23-13-22(23)15(2)29/h3-11,20-21,29H,12H2,1-2H3,(H,31,32);3-12,22-23,30H,13H2,1-2H3. The van der Waals surface area contributed by atoms with E-state index in [4.69, 9.17) is 0 Å². The van der Waals surface area contributed by atoms with Crippen LogP contribution < -0.4 is 0 Å². The molecule has 2 saturated carbocycles. The van der Waals surface area contributed by atoms with Gasteiger partial charge in [-0.2, -0.15) is 0 Å². The molecule has 326 valence electrons. The van der Waals surface area contributed by atoms with Crippen LogP contribution in [0.15, 0.2) is 115 Å². The molecule has 11 heteroatoms. The lowest BCUT2D eigenvalue weighted by Crippen LogP contribution is -2.06. The van der Waals surface area contributed by atoms with Crippen LogP contribution in [0.5, 0.6) is 11.5 Å². The maximum absolute atomic E-state index is 13.8. The minimum absolute atomic E-state index is 0.0262. The molecule has 2 aliphatic carbocycles. The number of carboxylic acid groups (broad SMARTS) is 1. The molecule has 0 saturated heterocycles. The Kier molecular flexibility index (Phi) is 11.3. The van der Waals surface area contributed by atoms with E-state index in [-0.39, 0.29) is 64.2 Å². The lowest BCUT2D eigenvalue weighted by Gasteiger charge is -2.11. The van der Waals surface area contributed by atoms with Gasteiger partial charge in [0.2, 0.25) is 11.6 Å². The quantitative estimate of drug-likeness (QED) is 0.117. The van der Waals surface area contributed by atoms with Gasteiger partial charge >= 0.3 is 5.97 Å². The second kappa shape index (κ2) is 17.0. The zero-order chi connectivity index (χ0) is 46.0. The lowest BCUT2D eigenvalue weighted by atomic mass is 9.93. The number of fused-ring (bicyclic) bond motifs is 2. The summed E-state index contributed by atoms with van der Waals surface area (Å²) in [4.78, 5) is 51.2. The van der Waals surface area contributed by atoms with Gasteiger partial charge in [-0.05, 0) is 158 Å². The topological polar surface area (TPSA) is 129 Å². The summed E-state index contributed by atoms with van der Waals surface area (Å²) in [6.07, 6.45) is 1.53. The Bertz CT molecular complexity index is 3230. The van der Waals surface area contributed by atoms with E-state index in [0.717, 1.165) is 60.0 Å². The third-order valence-corrected chi connectivity index (χ3v) is 14.9. The number of carbonyl (C=O) groups excluding carboxylic acids is 3. The number of phenolic OH excluding ortho intramolecular Hbond substituents is 2. The first-order valence-corrected chi connectivity index (χ1v) is 22.8. The summed E-state index contributed by atoms with van der Waals surface area (Å²) in [5.41, 5.74) is 8.09. The van der Waals surface area contributed by atoms with Crippen LogP contribution in [-0.2, 0) is 9.59 Å².